The van der Waals surface area contributed by atoms with Crippen LogP contribution >= 0.6 is 0 Å². The van der Waals surface area contributed by atoms with Crippen molar-refractivity contribution in [2.24, 2.45) is 11.7 Å². The predicted molar refractivity (Wildman–Crippen MR) is 68.1 cm³/mol. The van der Waals surface area contributed by atoms with Crippen LogP contribution in [0, 0.1) is 12.8 Å². The van der Waals surface area contributed by atoms with Crippen LogP contribution in [0.1, 0.15) is 29.8 Å². The molecule has 98 valence electrons. The molecular weight excluding hydrogens is 232 g/mol. The molecule has 0 bridgehead atoms. The summed E-state index contributed by atoms with van der Waals surface area (Å²) in [6.45, 7) is 5.38. The van der Waals surface area contributed by atoms with Crippen molar-refractivity contribution in [3.8, 4) is 5.75 Å². The number of phenolic OH excluding ortho intramolecular Hbond substituents is 1. The molecule has 5 heteroatoms. The lowest BCUT2D eigenvalue weighted by Gasteiger charge is -2.19. The zero-order chi connectivity index (χ0) is 13.9. The lowest BCUT2D eigenvalue weighted by atomic mass is 10.0. The molecule has 1 rings (SSSR count). The van der Waals surface area contributed by atoms with Crippen LogP contribution in [0.4, 0.5) is 0 Å². The summed E-state index contributed by atoms with van der Waals surface area (Å²) < 4.78 is 0. The Balaban J connectivity index is 2.94. The number of benzene rings is 1. The predicted octanol–water partition coefficient (Wildman–Crippen LogP) is 0.940. The van der Waals surface area contributed by atoms with Crippen LogP contribution in [-0.4, -0.2) is 23.0 Å². The van der Waals surface area contributed by atoms with Crippen LogP contribution in [0.15, 0.2) is 18.2 Å². The van der Waals surface area contributed by atoms with E-state index in [0.717, 1.165) is 5.56 Å². The number of aromatic hydroxyl groups is 1. The van der Waals surface area contributed by atoms with Gasteiger partial charge in [-0.2, -0.15) is 0 Å². The van der Waals surface area contributed by atoms with E-state index < -0.39 is 17.9 Å². The molecule has 0 aromatic heterocycles. The first-order chi connectivity index (χ1) is 8.32. The number of nitrogens with two attached hydrogens (primary N) is 1. The van der Waals surface area contributed by atoms with Crippen LogP contribution in [0.2, 0.25) is 0 Å². The molecule has 18 heavy (non-hydrogen) atoms. The normalized spacial score (nSPS) is 12.2. The Morgan fingerprint density at radius 3 is 2.44 bits per heavy atom. The quantitative estimate of drug-likeness (QED) is 0.742. The third-order valence-corrected chi connectivity index (χ3v) is 2.66. The van der Waals surface area contributed by atoms with Crippen molar-refractivity contribution in [1.29, 1.82) is 0 Å². The van der Waals surface area contributed by atoms with Gasteiger partial charge in [0.2, 0.25) is 5.91 Å². The van der Waals surface area contributed by atoms with Gasteiger partial charge in [-0.15, -0.1) is 0 Å². The van der Waals surface area contributed by atoms with Gasteiger partial charge in [-0.1, -0.05) is 25.5 Å². The summed E-state index contributed by atoms with van der Waals surface area (Å²) in [6.07, 6.45) is 0. The van der Waals surface area contributed by atoms with E-state index in [4.69, 9.17) is 5.73 Å². The van der Waals surface area contributed by atoms with Gasteiger partial charge in [0.15, 0.2) is 0 Å². The summed E-state index contributed by atoms with van der Waals surface area (Å²) in [6, 6.07) is 3.94. The Morgan fingerprint density at radius 1 is 1.33 bits per heavy atom. The Hall–Kier alpha value is -2.04. The second kappa shape index (κ2) is 5.53. The lowest BCUT2D eigenvalue weighted by Crippen LogP contribution is -2.47. The Morgan fingerprint density at radius 2 is 1.94 bits per heavy atom. The lowest BCUT2D eigenvalue weighted by molar-refractivity contribution is -0.120. The summed E-state index contributed by atoms with van der Waals surface area (Å²) in [4.78, 5) is 23.2. The van der Waals surface area contributed by atoms with Crippen LogP contribution in [0.3, 0.4) is 0 Å². The van der Waals surface area contributed by atoms with E-state index >= 15 is 0 Å². The molecule has 0 fully saturated rings. The Kier molecular flexibility index (Phi) is 4.31. The number of hydrogen-bond acceptors (Lipinski definition) is 3. The van der Waals surface area contributed by atoms with E-state index in [1.807, 2.05) is 6.92 Å². The minimum absolute atomic E-state index is 0.113. The summed E-state index contributed by atoms with van der Waals surface area (Å²) in [5.74, 6) is -1.33. The van der Waals surface area contributed by atoms with E-state index in [0.29, 0.717) is 0 Å². The second-order valence-corrected chi connectivity index (χ2v) is 4.62. The van der Waals surface area contributed by atoms with Gasteiger partial charge in [-0.3, -0.25) is 9.59 Å². The summed E-state index contributed by atoms with van der Waals surface area (Å²) in [5, 5.41) is 12.1. The molecular formula is C13H18N2O3. The van der Waals surface area contributed by atoms with Gasteiger partial charge in [-0.05, 0) is 25.0 Å². The van der Waals surface area contributed by atoms with Gasteiger partial charge in [-0.25, -0.2) is 0 Å². The summed E-state index contributed by atoms with van der Waals surface area (Å²) >= 11 is 0. The van der Waals surface area contributed by atoms with E-state index in [1.165, 1.54) is 6.07 Å². The van der Waals surface area contributed by atoms with Gasteiger partial charge < -0.3 is 16.2 Å². The van der Waals surface area contributed by atoms with Crippen LogP contribution < -0.4 is 11.1 Å². The average molecular weight is 250 g/mol. The molecule has 0 aliphatic carbocycles. The molecule has 1 aromatic carbocycles. The van der Waals surface area contributed by atoms with E-state index in [1.54, 1.807) is 26.0 Å². The van der Waals surface area contributed by atoms with Crippen molar-refractivity contribution in [2.75, 3.05) is 0 Å². The maximum atomic E-state index is 12.0. The van der Waals surface area contributed by atoms with Gasteiger partial charge in [0, 0.05) is 0 Å². The molecule has 0 heterocycles. The van der Waals surface area contributed by atoms with Crippen molar-refractivity contribution in [2.45, 2.75) is 26.8 Å². The highest BCUT2D eigenvalue weighted by Gasteiger charge is 2.23. The first kappa shape index (κ1) is 14.0. The minimum atomic E-state index is -0.752. The van der Waals surface area contributed by atoms with Gasteiger partial charge in [0.05, 0.1) is 5.56 Å². The van der Waals surface area contributed by atoms with E-state index in [9.17, 15) is 14.7 Å². The second-order valence-electron chi connectivity index (χ2n) is 4.62. The van der Waals surface area contributed by atoms with Crippen molar-refractivity contribution in [1.82, 2.24) is 5.32 Å². The molecule has 4 N–H and O–H groups in total. The highest BCUT2D eigenvalue weighted by atomic mass is 16.3. The highest BCUT2D eigenvalue weighted by molar-refractivity contribution is 5.99. The van der Waals surface area contributed by atoms with E-state index in [-0.39, 0.29) is 17.2 Å². The molecule has 1 aromatic rings. The number of hydrogen-bond donors (Lipinski definition) is 3. The molecule has 1 atom stereocenters. The third-order valence-electron chi connectivity index (χ3n) is 2.66. The van der Waals surface area contributed by atoms with Crippen LogP contribution in [-0.2, 0) is 4.79 Å². The van der Waals surface area contributed by atoms with Crippen LogP contribution in [0.5, 0.6) is 5.75 Å². The standard InChI is InChI=1S/C13H18N2O3/c1-7(2)11(12(14)17)15-13(18)9-6-8(3)4-5-10(9)16/h4-7,11,16H,1-3H3,(H2,14,17)(H,15,18). The van der Waals surface area contributed by atoms with Gasteiger partial charge in [0.25, 0.3) is 5.91 Å². The fraction of sp³-hybridized carbons (Fsp3) is 0.385. The molecule has 0 radical (unpaired) electrons. The number of rotatable bonds is 4. The zero-order valence-electron chi connectivity index (χ0n) is 10.7. The minimum Gasteiger partial charge on any atom is -0.507 e. The first-order valence-electron chi connectivity index (χ1n) is 5.72. The molecule has 1 unspecified atom stereocenters. The largest absolute Gasteiger partial charge is 0.507 e. The van der Waals surface area contributed by atoms with Crippen molar-refractivity contribution < 1.29 is 14.7 Å². The van der Waals surface area contributed by atoms with Crippen LogP contribution in [0.25, 0.3) is 0 Å². The maximum Gasteiger partial charge on any atom is 0.255 e. The fourth-order valence-corrected chi connectivity index (χ4v) is 1.62. The number of carbonyl (C=O) groups is 2. The molecule has 0 spiro atoms. The fourth-order valence-electron chi connectivity index (χ4n) is 1.62. The number of aryl methyl sites for hydroxylation is 1. The van der Waals surface area contributed by atoms with E-state index in [2.05, 4.69) is 5.32 Å². The molecule has 0 saturated carbocycles. The Bertz CT molecular complexity index is 469. The zero-order valence-corrected chi connectivity index (χ0v) is 10.7. The topological polar surface area (TPSA) is 92.4 Å². The average Bonchev–Trinajstić information content (AvgIpc) is 2.28. The monoisotopic (exact) mass is 250 g/mol. The summed E-state index contributed by atoms with van der Waals surface area (Å²) in [7, 11) is 0. The van der Waals surface area contributed by atoms with Crippen molar-refractivity contribution in [3.05, 3.63) is 29.3 Å². The number of nitrogens with one attached hydrogen (secondary N) is 1. The third kappa shape index (κ3) is 3.23. The molecule has 5 nitrogen and oxygen atoms in total. The Labute approximate surface area is 106 Å². The SMILES string of the molecule is Cc1ccc(O)c(C(=O)NC(C(N)=O)C(C)C)c1. The van der Waals surface area contributed by atoms with Crippen molar-refractivity contribution >= 4 is 11.8 Å². The smallest absolute Gasteiger partial charge is 0.255 e. The maximum absolute atomic E-state index is 12.0. The van der Waals surface area contributed by atoms with Crippen molar-refractivity contribution in [3.63, 3.8) is 0 Å². The number of primary amides is 1. The molecule has 0 saturated heterocycles. The van der Waals surface area contributed by atoms with Gasteiger partial charge in [0.1, 0.15) is 11.8 Å². The number of phenols is 1. The molecule has 0 aliphatic heterocycles. The summed E-state index contributed by atoms with van der Waals surface area (Å²) in [5.41, 5.74) is 6.20. The first-order valence-corrected chi connectivity index (χ1v) is 5.72. The molecule has 0 aliphatic rings. The number of amides is 2. The highest BCUT2D eigenvalue weighted by Crippen LogP contribution is 2.18. The number of carbonyl (C=O) groups excluding carboxylic acids is 2. The van der Waals surface area contributed by atoms with Gasteiger partial charge >= 0.3 is 0 Å². The molecule has 2 amide bonds.